The third kappa shape index (κ3) is 4.35. The monoisotopic (exact) mass is 369 g/mol. The SMILES string of the molecule is CCc1c(C)nn(CCNC(=O)[C@H]2CC(=O)N(Cc3ccncc3)C2)c1C. The van der Waals surface area contributed by atoms with Crippen LogP contribution in [0.25, 0.3) is 0 Å². The molecule has 1 saturated heterocycles. The summed E-state index contributed by atoms with van der Waals surface area (Å²) in [5, 5.41) is 7.51. The molecule has 1 aliphatic rings. The summed E-state index contributed by atoms with van der Waals surface area (Å²) < 4.78 is 1.95. The van der Waals surface area contributed by atoms with Crippen LogP contribution in [0.5, 0.6) is 0 Å². The lowest BCUT2D eigenvalue weighted by Crippen LogP contribution is -2.35. The molecule has 0 spiro atoms. The maximum absolute atomic E-state index is 12.5. The van der Waals surface area contributed by atoms with E-state index in [2.05, 4.69) is 29.2 Å². The van der Waals surface area contributed by atoms with Gasteiger partial charge in [-0.2, -0.15) is 5.10 Å². The van der Waals surface area contributed by atoms with Crippen molar-refractivity contribution < 1.29 is 9.59 Å². The molecule has 1 fully saturated rings. The number of rotatable bonds is 7. The highest BCUT2D eigenvalue weighted by Gasteiger charge is 2.34. The first kappa shape index (κ1) is 19.1. The number of hydrogen-bond acceptors (Lipinski definition) is 4. The zero-order valence-corrected chi connectivity index (χ0v) is 16.2. The van der Waals surface area contributed by atoms with Crippen molar-refractivity contribution in [2.75, 3.05) is 13.1 Å². The van der Waals surface area contributed by atoms with Crippen molar-refractivity contribution in [1.29, 1.82) is 0 Å². The Balaban J connectivity index is 1.49. The topological polar surface area (TPSA) is 80.1 Å². The van der Waals surface area contributed by atoms with Gasteiger partial charge in [-0.15, -0.1) is 0 Å². The van der Waals surface area contributed by atoms with Crippen LogP contribution in [0.2, 0.25) is 0 Å². The maximum Gasteiger partial charge on any atom is 0.225 e. The number of hydrogen-bond donors (Lipinski definition) is 1. The molecule has 3 heterocycles. The first-order valence-corrected chi connectivity index (χ1v) is 9.46. The maximum atomic E-state index is 12.5. The highest BCUT2D eigenvalue weighted by Crippen LogP contribution is 2.20. The van der Waals surface area contributed by atoms with Crippen LogP contribution in [0.1, 0.15) is 35.9 Å². The first-order chi connectivity index (χ1) is 13.0. The highest BCUT2D eigenvalue weighted by atomic mass is 16.2. The third-order valence-corrected chi connectivity index (χ3v) is 5.22. The summed E-state index contributed by atoms with van der Waals surface area (Å²) in [4.78, 5) is 30.4. The molecule has 0 unspecified atom stereocenters. The van der Waals surface area contributed by atoms with Gasteiger partial charge in [-0.25, -0.2) is 0 Å². The van der Waals surface area contributed by atoms with Crippen molar-refractivity contribution in [2.45, 2.75) is 46.7 Å². The normalized spacial score (nSPS) is 16.8. The van der Waals surface area contributed by atoms with Crippen LogP contribution in [-0.4, -0.2) is 44.6 Å². The van der Waals surface area contributed by atoms with Crippen molar-refractivity contribution in [3.8, 4) is 0 Å². The molecule has 144 valence electrons. The van der Waals surface area contributed by atoms with E-state index in [0.717, 1.165) is 23.4 Å². The molecule has 27 heavy (non-hydrogen) atoms. The summed E-state index contributed by atoms with van der Waals surface area (Å²) in [6.07, 6.45) is 4.66. The molecule has 2 aromatic heterocycles. The fourth-order valence-corrected chi connectivity index (χ4v) is 3.70. The van der Waals surface area contributed by atoms with Gasteiger partial charge in [-0.3, -0.25) is 19.3 Å². The molecule has 0 aromatic carbocycles. The Labute approximate surface area is 159 Å². The Bertz CT molecular complexity index is 815. The van der Waals surface area contributed by atoms with Gasteiger partial charge in [0.2, 0.25) is 11.8 Å². The Morgan fingerprint density at radius 1 is 1.30 bits per heavy atom. The lowest BCUT2D eigenvalue weighted by atomic mass is 10.1. The van der Waals surface area contributed by atoms with Crippen molar-refractivity contribution >= 4 is 11.8 Å². The van der Waals surface area contributed by atoms with Crippen molar-refractivity contribution in [1.82, 2.24) is 25.0 Å². The minimum absolute atomic E-state index is 0.0260. The zero-order valence-electron chi connectivity index (χ0n) is 16.2. The van der Waals surface area contributed by atoms with Gasteiger partial charge in [-0.05, 0) is 43.5 Å². The lowest BCUT2D eigenvalue weighted by Gasteiger charge is -2.16. The highest BCUT2D eigenvalue weighted by molar-refractivity contribution is 5.89. The molecule has 0 aliphatic carbocycles. The summed E-state index contributed by atoms with van der Waals surface area (Å²) in [5.41, 5.74) is 4.50. The fraction of sp³-hybridized carbons (Fsp3) is 0.500. The molecular formula is C20H27N5O2. The van der Waals surface area contributed by atoms with E-state index in [9.17, 15) is 9.59 Å². The second kappa shape index (κ2) is 8.33. The van der Waals surface area contributed by atoms with Gasteiger partial charge < -0.3 is 10.2 Å². The second-order valence-corrected chi connectivity index (χ2v) is 7.05. The molecular weight excluding hydrogens is 342 g/mol. The predicted octanol–water partition coefficient (Wildman–Crippen LogP) is 1.62. The summed E-state index contributed by atoms with van der Waals surface area (Å²) in [6.45, 7) is 8.34. The van der Waals surface area contributed by atoms with Crippen LogP contribution in [0.15, 0.2) is 24.5 Å². The molecule has 0 radical (unpaired) electrons. The molecule has 7 heteroatoms. The minimum atomic E-state index is -0.286. The molecule has 0 saturated carbocycles. The van der Waals surface area contributed by atoms with Crippen molar-refractivity contribution in [3.63, 3.8) is 0 Å². The Hall–Kier alpha value is -2.70. The van der Waals surface area contributed by atoms with E-state index in [1.807, 2.05) is 23.7 Å². The van der Waals surface area contributed by atoms with Gasteiger partial charge in [-0.1, -0.05) is 6.92 Å². The molecule has 2 aromatic rings. The molecule has 1 N–H and O–H groups in total. The average Bonchev–Trinajstić information content (AvgIpc) is 3.15. The minimum Gasteiger partial charge on any atom is -0.354 e. The zero-order chi connectivity index (χ0) is 19.4. The number of carbonyl (C=O) groups is 2. The average molecular weight is 369 g/mol. The van der Waals surface area contributed by atoms with Crippen LogP contribution < -0.4 is 5.32 Å². The smallest absolute Gasteiger partial charge is 0.225 e. The largest absolute Gasteiger partial charge is 0.354 e. The molecule has 3 rings (SSSR count). The Morgan fingerprint density at radius 3 is 2.70 bits per heavy atom. The van der Waals surface area contributed by atoms with E-state index in [1.165, 1.54) is 5.56 Å². The van der Waals surface area contributed by atoms with E-state index in [4.69, 9.17) is 0 Å². The fourth-order valence-electron chi connectivity index (χ4n) is 3.70. The molecule has 2 amide bonds. The molecule has 0 bridgehead atoms. The Kier molecular flexibility index (Phi) is 5.88. The molecule has 1 aliphatic heterocycles. The Morgan fingerprint density at radius 2 is 2.04 bits per heavy atom. The van der Waals surface area contributed by atoms with Crippen LogP contribution >= 0.6 is 0 Å². The number of aromatic nitrogens is 3. The van der Waals surface area contributed by atoms with Crippen LogP contribution in [0.3, 0.4) is 0 Å². The van der Waals surface area contributed by atoms with E-state index >= 15 is 0 Å². The number of likely N-dealkylation sites (tertiary alicyclic amines) is 1. The first-order valence-electron chi connectivity index (χ1n) is 9.46. The lowest BCUT2D eigenvalue weighted by molar-refractivity contribution is -0.129. The van der Waals surface area contributed by atoms with Gasteiger partial charge in [0.05, 0.1) is 18.2 Å². The number of carbonyl (C=O) groups excluding carboxylic acids is 2. The van der Waals surface area contributed by atoms with Crippen LogP contribution in [0.4, 0.5) is 0 Å². The second-order valence-electron chi connectivity index (χ2n) is 7.05. The number of pyridine rings is 1. The summed E-state index contributed by atoms with van der Waals surface area (Å²) in [6, 6.07) is 3.78. The van der Waals surface area contributed by atoms with E-state index in [1.54, 1.807) is 17.3 Å². The predicted molar refractivity (Wildman–Crippen MR) is 102 cm³/mol. The van der Waals surface area contributed by atoms with Gasteiger partial charge >= 0.3 is 0 Å². The summed E-state index contributed by atoms with van der Waals surface area (Å²) in [7, 11) is 0. The van der Waals surface area contributed by atoms with E-state index in [-0.39, 0.29) is 24.2 Å². The van der Waals surface area contributed by atoms with Crippen molar-refractivity contribution in [2.24, 2.45) is 5.92 Å². The molecule has 1 atom stereocenters. The number of nitrogens with one attached hydrogen (secondary N) is 1. The quantitative estimate of drug-likeness (QED) is 0.804. The van der Waals surface area contributed by atoms with Gasteiger partial charge in [0.1, 0.15) is 0 Å². The summed E-state index contributed by atoms with van der Waals surface area (Å²) >= 11 is 0. The van der Waals surface area contributed by atoms with Gasteiger partial charge in [0.25, 0.3) is 0 Å². The number of aryl methyl sites for hydroxylation is 1. The standard InChI is InChI=1S/C20H27N5O2/c1-4-18-14(2)23-25(15(18)3)10-9-22-20(27)17-11-19(26)24(13-17)12-16-5-7-21-8-6-16/h5-8,17H,4,9-13H2,1-3H3,(H,22,27)/t17-/m0/s1. The third-order valence-electron chi connectivity index (χ3n) is 5.22. The number of amides is 2. The molecule has 7 nitrogen and oxygen atoms in total. The van der Waals surface area contributed by atoms with Crippen LogP contribution in [0, 0.1) is 19.8 Å². The van der Waals surface area contributed by atoms with E-state index in [0.29, 0.717) is 26.2 Å². The van der Waals surface area contributed by atoms with E-state index < -0.39 is 0 Å². The summed E-state index contributed by atoms with van der Waals surface area (Å²) in [5.74, 6) is -0.318. The van der Waals surface area contributed by atoms with Crippen LogP contribution in [-0.2, 0) is 29.1 Å². The van der Waals surface area contributed by atoms with Gasteiger partial charge in [0.15, 0.2) is 0 Å². The van der Waals surface area contributed by atoms with Gasteiger partial charge in [0, 0.05) is 44.1 Å². The van der Waals surface area contributed by atoms with Crippen molar-refractivity contribution in [3.05, 3.63) is 47.0 Å². The number of nitrogens with zero attached hydrogens (tertiary/aromatic N) is 4.